The Bertz CT molecular complexity index is 2180. The van der Waals surface area contributed by atoms with E-state index in [2.05, 4.69) is 5.32 Å². The second-order valence-electron chi connectivity index (χ2n) is 11.9. The summed E-state index contributed by atoms with van der Waals surface area (Å²) < 4.78 is 0. The molecule has 9 heteroatoms. The summed E-state index contributed by atoms with van der Waals surface area (Å²) in [6, 6.07) is 42.8. The maximum atomic E-state index is 14.3. The van der Waals surface area contributed by atoms with Crippen molar-refractivity contribution in [3.05, 3.63) is 183 Å². The van der Waals surface area contributed by atoms with Crippen LogP contribution in [0.5, 0.6) is 0 Å². The Kier molecular flexibility index (Phi) is 11.2. The van der Waals surface area contributed by atoms with Crippen molar-refractivity contribution in [2.45, 2.75) is 19.0 Å². The van der Waals surface area contributed by atoms with Gasteiger partial charge in [-0.1, -0.05) is 144 Å². The van der Waals surface area contributed by atoms with E-state index in [1.165, 1.54) is 23.1 Å². The first-order valence-corrected chi connectivity index (χ1v) is 17.2. The quantitative estimate of drug-likeness (QED) is 0.139. The maximum absolute atomic E-state index is 14.3. The van der Waals surface area contributed by atoms with Crippen molar-refractivity contribution in [2.75, 3.05) is 4.90 Å². The zero-order valence-electron chi connectivity index (χ0n) is 27.1. The summed E-state index contributed by atoms with van der Waals surface area (Å²) in [6.07, 6.45) is 0.0306. The summed E-state index contributed by atoms with van der Waals surface area (Å²) in [4.78, 5) is 42.1. The van der Waals surface area contributed by atoms with Crippen LogP contribution >= 0.6 is 34.8 Å². The molecule has 6 rings (SSSR count). The lowest BCUT2D eigenvalue weighted by atomic mass is 10.00. The van der Waals surface area contributed by atoms with E-state index in [9.17, 15) is 19.5 Å². The molecule has 51 heavy (non-hydrogen) atoms. The fourth-order valence-electron chi connectivity index (χ4n) is 5.75. The third-order valence-electron chi connectivity index (χ3n) is 8.41. The summed E-state index contributed by atoms with van der Waals surface area (Å²) in [5, 5.41) is 13.5. The first-order valence-electron chi connectivity index (χ1n) is 16.0. The van der Waals surface area contributed by atoms with Gasteiger partial charge in [0, 0.05) is 16.5 Å². The Morgan fingerprint density at radius 2 is 1.10 bits per heavy atom. The molecular formula is C42H31Cl3N2O4. The number of rotatable bonds is 11. The molecule has 0 aliphatic carbocycles. The molecule has 6 nitrogen and oxygen atoms in total. The van der Waals surface area contributed by atoms with E-state index in [0.29, 0.717) is 5.02 Å². The number of aliphatic carboxylic acids is 1. The SMILES string of the molecule is O=C(N[C@@H](Cc1ccc(-c2ccccc2)cc1)C(=O)O)c1cc(Cl)ccc1N(Cc1ccc(-c2ccccc2)cc1)C(=O)c1ccc(Cl)cc1Cl. The monoisotopic (exact) mass is 732 g/mol. The zero-order valence-corrected chi connectivity index (χ0v) is 29.4. The Balaban J connectivity index is 1.31. The van der Waals surface area contributed by atoms with Gasteiger partial charge in [0.2, 0.25) is 0 Å². The lowest BCUT2D eigenvalue weighted by Crippen LogP contribution is -2.43. The van der Waals surface area contributed by atoms with Crippen LogP contribution in [0.3, 0.4) is 0 Å². The molecule has 6 aromatic rings. The fraction of sp³-hybridized carbons (Fsp3) is 0.0714. The molecule has 2 N–H and O–H groups in total. The van der Waals surface area contributed by atoms with E-state index in [0.717, 1.165) is 33.4 Å². The van der Waals surface area contributed by atoms with Crippen molar-refractivity contribution in [3.8, 4) is 22.3 Å². The standard InChI is InChI=1S/C42H31Cl3N2O4/c43-33-20-22-39(36(24-33)40(48)46-38(42(50)51)23-27-11-15-31(16-12-27)29-7-3-1-4-8-29)47(41(49)35-21-19-34(44)25-37(35)45)26-28-13-17-32(18-14-28)30-9-5-2-6-10-30/h1-22,24-25,38H,23,26H2,(H,46,48)(H,50,51)/t38-/m0/s1. The number of nitrogens with one attached hydrogen (secondary N) is 1. The molecular weight excluding hydrogens is 703 g/mol. The number of benzene rings is 6. The van der Waals surface area contributed by atoms with Crippen molar-refractivity contribution in [1.29, 1.82) is 0 Å². The smallest absolute Gasteiger partial charge is 0.326 e. The Hall–Kier alpha value is -5.40. The van der Waals surface area contributed by atoms with Crippen molar-refractivity contribution >= 4 is 58.3 Å². The molecule has 0 fully saturated rings. The Morgan fingerprint density at radius 1 is 0.588 bits per heavy atom. The second kappa shape index (κ2) is 16.1. The molecule has 254 valence electrons. The van der Waals surface area contributed by atoms with Crippen LogP contribution in [-0.4, -0.2) is 28.9 Å². The molecule has 0 bridgehead atoms. The highest BCUT2D eigenvalue weighted by atomic mass is 35.5. The second-order valence-corrected chi connectivity index (χ2v) is 13.2. The van der Waals surface area contributed by atoms with Crippen LogP contribution in [-0.2, 0) is 17.8 Å². The molecule has 0 radical (unpaired) electrons. The van der Waals surface area contributed by atoms with E-state index in [4.69, 9.17) is 34.8 Å². The number of carbonyl (C=O) groups is 3. The van der Waals surface area contributed by atoms with Gasteiger partial charge in [-0.05, 0) is 69.8 Å². The minimum atomic E-state index is -1.27. The predicted molar refractivity (Wildman–Crippen MR) is 205 cm³/mol. The molecule has 6 aromatic carbocycles. The first kappa shape index (κ1) is 35.4. The van der Waals surface area contributed by atoms with Gasteiger partial charge in [0.25, 0.3) is 11.8 Å². The van der Waals surface area contributed by atoms with Gasteiger partial charge >= 0.3 is 5.97 Å². The summed E-state index contributed by atoms with van der Waals surface area (Å²) in [7, 11) is 0. The highest BCUT2D eigenvalue weighted by Crippen LogP contribution is 2.31. The van der Waals surface area contributed by atoms with Crippen LogP contribution in [0.15, 0.2) is 146 Å². The van der Waals surface area contributed by atoms with Gasteiger partial charge in [-0.3, -0.25) is 9.59 Å². The number of nitrogens with zero attached hydrogens (tertiary/aromatic N) is 1. The molecule has 0 aliphatic rings. The molecule has 0 saturated carbocycles. The van der Waals surface area contributed by atoms with Crippen molar-refractivity contribution in [3.63, 3.8) is 0 Å². The summed E-state index contributed by atoms with van der Waals surface area (Å²) in [5.41, 5.74) is 5.97. The van der Waals surface area contributed by atoms with E-state index >= 15 is 0 Å². The third-order valence-corrected chi connectivity index (χ3v) is 9.19. The molecule has 0 aromatic heterocycles. The van der Waals surface area contributed by atoms with E-state index in [-0.39, 0.29) is 39.8 Å². The summed E-state index contributed by atoms with van der Waals surface area (Å²) >= 11 is 19.0. The third kappa shape index (κ3) is 8.67. The normalized spacial score (nSPS) is 11.4. The van der Waals surface area contributed by atoms with Crippen LogP contribution < -0.4 is 10.2 Å². The first-order chi connectivity index (χ1) is 24.7. The van der Waals surface area contributed by atoms with Crippen molar-refractivity contribution in [2.24, 2.45) is 0 Å². The fourth-order valence-corrected chi connectivity index (χ4v) is 6.41. The van der Waals surface area contributed by atoms with Crippen LogP contribution in [0.25, 0.3) is 22.3 Å². The number of hydrogen-bond donors (Lipinski definition) is 2. The minimum absolute atomic E-state index is 0.0208. The number of carboxylic acids is 1. The molecule has 1 atom stereocenters. The van der Waals surface area contributed by atoms with Crippen LogP contribution in [0.2, 0.25) is 15.1 Å². The molecule has 0 heterocycles. The van der Waals surface area contributed by atoms with Crippen molar-refractivity contribution < 1.29 is 19.5 Å². The lowest BCUT2D eigenvalue weighted by molar-refractivity contribution is -0.139. The van der Waals surface area contributed by atoms with E-state index < -0.39 is 23.8 Å². The largest absolute Gasteiger partial charge is 0.480 e. The highest BCUT2D eigenvalue weighted by molar-refractivity contribution is 6.37. The average Bonchev–Trinajstić information content (AvgIpc) is 3.14. The van der Waals surface area contributed by atoms with Crippen LogP contribution in [0.4, 0.5) is 5.69 Å². The molecule has 0 aliphatic heterocycles. The van der Waals surface area contributed by atoms with Gasteiger partial charge in [0.15, 0.2) is 0 Å². The Morgan fingerprint density at radius 3 is 1.65 bits per heavy atom. The number of amides is 2. The van der Waals surface area contributed by atoms with Gasteiger partial charge in [-0.15, -0.1) is 0 Å². The Labute approximate surface area is 310 Å². The number of anilines is 1. The molecule has 0 unspecified atom stereocenters. The van der Waals surface area contributed by atoms with Gasteiger partial charge in [-0.25, -0.2) is 4.79 Å². The van der Waals surface area contributed by atoms with Gasteiger partial charge in [-0.2, -0.15) is 0 Å². The number of carbonyl (C=O) groups excluding carboxylic acids is 2. The summed E-state index contributed by atoms with van der Waals surface area (Å²) in [5.74, 6) is -2.41. The zero-order chi connectivity index (χ0) is 35.9. The predicted octanol–water partition coefficient (Wildman–Crippen LogP) is 10.3. The van der Waals surface area contributed by atoms with E-state index in [1.54, 1.807) is 18.2 Å². The van der Waals surface area contributed by atoms with Crippen molar-refractivity contribution in [1.82, 2.24) is 5.32 Å². The lowest BCUT2D eigenvalue weighted by Gasteiger charge is -2.26. The number of carboxylic acid groups (broad SMARTS) is 1. The number of halogens is 3. The van der Waals surface area contributed by atoms with Crippen LogP contribution in [0, 0.1) is 0 Å². The van der Waals surface area contributed by atoms with Gasteiger partial charge in [0.1, 0.15) is 6.04 Å². The molecule has 2 amide bonds. The molecule has 0 spiro atoms. The number of hydrogen-bond acceptors (Lipinski definition) is 3. The van der Waals surface area contributed by atoms with E-state index in [1.807, 2.05) is 109 Å². The maximum Gasteiger partial charge on any atom is 0.326 e. The average molecular weight is 734 g/mol. The van der Waals surface area contributed by atoms with Gasteiger partial charge in [0.05, 0.1) is 28.4 Å². The highest BCUT2D eigenvalue weighted by Gasteiger charge is 2.28. The van der Waals surface area contributed by atoms with Crippen LogP contribution in [0.1, 0.15) is 31.8 Å². The van der Waals surface area contributed by atoms with Gasteiger partial charge < -0.3 is 15.3 Å². The minimum Gasteiger partial charge on any atom is -0.480 e. The topological polar surface area (TPSA) is 86.7 Å². The molecule has 0 saturated heterocycles. The summed E-state index contributed by atoms with van der Waals surface area (Å²) in [6.45, 7) is 0.0604.